The zero-order chi connectivity index (χ0) is 23.8. The lowest BCUT2D eigenvalue weighted by molar-refractivity contribution is 0.0511. The number of aromatic nitrogens is 2. The minimum atomic E-state index is -3.51. The number of likely N-dealkylation sites (tertiary alicyclic amines) is 1. The van der Waals surface area contributed by atoms with E-state index in [1.807, 2.05) is 13.8 Å². The molecule has 1 aliphatic rings. The molecule has 0 spiro atoms. The van der Waals surface area contributed by atoms with Gasteiger partial charge in [0, 0.05) is 48.7 Å². The Bertz CT molecular complexity index is 1280. The van der Waals surface area contributed by atoms with E-state index in [0.717, 1.165) is 12.3 Å². The smallest absolute Gasteiger partial charge is 0.410 e. The molecule has 11 heteroatoms. The molecule has 8 nitrogen and oxygen atoms in total. The van der Waals surface area contributed by atoms with Crippen molar-refractivity contribution in [1.29, 1.82) is 0 Å². The van der Waals surface area contributed by atoms with Crippen molar-refractivity contribution in [2.45, 2.75) is 43.8 Å². The predicted molar refractivity (Wildman–Crippen MR) is 123 cm³/mol. The predicted octanol–water partition coefficient (Wildman–Crippen LogP) is 4.29. The van der Waals surface area contributed by atoms with E-state index >= 15 is 0 Å². The SMILES string of the molecule is CC(C)OC(=O)N1CCC(Oc2ncnc3c(-c4ccc(S(C)(=O)=O)cc4F)csc23)CC1. The first-order valence-corrected chi connectivity index (χ1v) is 13.2. The number of rotatable bonds is 5. The van der Waals surface area contributed by atoms with Crippen LogP contribution in [0.4, 0.5) is 9.18 Å². The van der Waals surface area contributed by atoms with Crippen LogP contribution in [0.15, 0.2) is 34.8 Å². The minimum absolute atomic E-state index is 0.0782. The highest BCUT2D eigenvalue weighted by molar-refractivity contribution is 7.90. The van der Waals surface area contributed by atoms with Crippen molar-refractivity contribution in [1.82, 2.24) is 14.9 Å². The van der Waals surface area contributed by atoms with Crippen LogP contribution in [0, 0.1) is 5.82 Å². The highest BCUT2D eigenvalue weighted by Crippen LogP contribution is 2.38. The Morgan fingerprint density at radius 2 is 1.94 bits per heavy atom. The third-order valence-corrected chi connectivity index (χ3v) is 7.36. The van der Waals surface area contributed by atoms with Crippen molar-refractivity contribution in [3.05, 3.63) is 35.7 Å². The van der Waals surface area contributed by atoms with Crippen molar-refractivity contribution in [3.63, 3.8) is 0 Å². The molecule has 1 saturated heterocycles. The molecule has 1 fully saturated rings. The van der Waals surface area contributed by atoms with Gasteiger partial charge in [0.1, 0.15) is 22.9 Å². The van der Waals surface area contributed by atoms with Crippen molar-refractivity contribution >= 4 is 37.5 Å². The quantitative estimate of drug-likeness (QED) is 0.523. The molecule has 4 rings (SSSR count). The number of carbonyl (C=O) groups excluding carboxylic acids is 1. The third-order valence-electron chi connectivity index (χ3n) is 5.29. The van der Waals surface area contributed by atoms with E-state index in [1.165, 1.54) is 29.8 Å². The molecule has 0 aliphatic carbocycles. The van der Waals surface area contributed by atoms with Crippen LogP contribution in [-0.2, 0) is 14.6 Å². The number of nitrogens with zero attached hydrogens (tertiary/aromatic N) is 3. The summed E-state index contributed by atoms with van der Waals surface area (Å²) in [7, 11) is -3.51. The molecule has 0 bridgehead atoms. The summed E-state index contributed by atoms with van der Waals surface area (Å²) in [6, 6.07) is 3.85. The second-order valence-electron chi connectivity index (χ2n) is 8.16. The number of benzene rings is 1. The Balaban J connectivity index is 1.53. The van der Waals surface area contributed by atoms with Crippen LogP contribution >= 0.6 is 11.3 Å². The van der Waals surface area contributed by atoms with Crippen LogP contribution in [0.25, 0.3) is 21.3 Å². The minimum Gasteiger partial charge on any atom is -0.473 e. The molecule has 3 aromatic rings. The van der Waals surface area contributed by atoms with Crippen molar-refractivity contribution in [3.8, 4) is 17.0 Å². The van der Waals surface area contributed by atoms with Crippen LogP contribution < -0.4 is 4.74 Å². The molecular formula is C22H24FN3O5S2. The van der Waals surface area contributed by atoms with E-state index in [0.29, 0.717) is 47.6 Å². The largest absolute Gasteiger partial charge is 0.473 e. The molecule has 176 valence electrons. The number of thiophene rings is 1. The summed E-state index contributed by atoms with van der Waals surface area (Å²) in [6.45, 7) is 4.68. The van der Waals surface area contributed by atoms with Gasteiger partial charge in [-0.15, -0.1) is 11.3 Å². The third kappa shape index (κ3) is 5.09. The zero-order valence-corrected chi connectivity index (χ0v) is 20.1. The van der Waals surface area contributed by atoms with Crippen molar-refractivity contribution < 1.29 is 27.1 Å². The standard InChI is InChI=1S/C22H24FN3O5S2/c1-13(2)30-22(27)26-8-6-14(7-9-26)31-21-20-19(24-12-25-21)17(11-32-20)16-5-4-15(10-18(16)23)33(3,28)29/h4-5,10-14H,6-9H2,1-3H3. The van der Waals surface area contributed by atoms with Gasteiger partial charge in [-0.3, -0.25) is 0 Å². The van der Waals surface area contributed by atoms with Crippen LogP contribution in [0.1, 0.15) is 26.7 Å². The number of ether oxygens (including phenoxy) is 2. The summed E-state index contributed by atoms with van der Waals surface area (Å²) in [5, 5.41) is 1.76. The summed E-state index contributed by atoms with van der Waals surface area (Å²) in [5.41, 5.74) is 1.34. The molecule has 1 aromatic carbocycles. The number of sulfone groups is 1. The zero-order valence-electron chi connectivity index (χ0n) is 18.4. The van der Waals surface area contributed by atoms with Crippen LogP contribution in [0.5, 0.6) is 5.88 Å². The fraction of sp³-hybridized carbons (Fsp3) is 0.409. The van der Waals surface area contributed by atoms with Gasteiger partial charge >= 0.3 is 6.09 Å². The molecule has 2 aromatic heterocycles. The molecule has 0 radical (unpaired) electrons. The summed E-state index contributed by atoms with van der Waals surface area (Å²) >= 11 is 1.34. The lowest BCUT2D eigenvalue weighted by atomic mass is 10.1. The van der Waals surface area contributed by atoms with Gasteiger partial charge in [-0.1, -0.05) is 6.07 Å². The van der Waals surface area contributed by atoms with Gasteiger partial charge in [0.25, 0.3) is 0 Å². The molecule has 0 N–H and O–H groups in total. The molecule has 1 amide bonds. The van der Waals surface area contributed by atoms with Gasteiger partial charge in [0.05, 0.1) is 16.5 Å². The van der Waals surface area contributed by atoms with Crippen molar-refractivity contribution in [2.75, 3.05) is 19.3 Å². The van der Waals surface area contributed by atoms with E-state index in [4.69, 9.17) is 9.47 Å². The fourth-order valence-corrected chi connectivity index (χ4v) is 5.22. The van der Waals surface area contributed by atoms with Crippen LogP contribution in [0.3, 0.4) is 0 Å². The Morgan fingerprint density at radius 3 is 2.58 bits per heavy atom. The van der Waals surface area contributed by atoms with E-state index in [-0.39, 0.29) is 28.8 Å². The number of fused-ring (bicyclic) bond motifs is 1. The normalized spacial score (nSPS) is 15.2. The van der Waals surface area contributed by atoms with E-state index in [2.05, 4.69) is 9.97 Å². The molecule has 0 unspecified atom stereocenters. The topological polar surface area (TPSA) is 98.7 Å². The van der Waals surface area contributed by atoms with Gasteiger partial charge in [-0.05, 0) is 26.0 Å². The molecule has 0 atom stereocenters. The van der Waals surface area contributed by atoms with E-state index < -0.39 is 15.7 Å². The van der Waals surface area contributed by atoms with Gasteiger partial charge in [0.15, 0.2) is 9.84 Å². The molecule has 3 heterocycles. The van der Waals surface area contributed by atoms with E-state index in [9.17, 15) is 17.6 Å². The van der Waals surface area contributed by atoms with Gasteiger partial charge in [0.2, 0.25) is 5.88 Å². The average Bonchev–Trinajstić information content (AvgIpc) is 3.18. The Labute approximate surface area is 195 Å². The Kier molecular flexibility index (Phi) is 6.53. The lowest BCUT2D eigenvalue weighted by Gasteiger charge is -2.31. The van der Waals surface area contributed by atoms with Gasteiger partial charge in [-0.25, -0.2) is 27.6 Å². The lowest BCUT2D eigenvalue weighted by Crippen LogP contribution is -2.42. The monoisotopic (exact) mass is 493 g/mol. The van der Waals surface area contributed by atoms with E-state index in [1.54, 1.807) is 10.3 Å². The number of hydrogen-bond acceptors (Lipinski definition) is 8. The average molecular weight is 494 g/mol. The number of halogens is 1. The molecule has 0 saturated carbocycles. The molecular weight excluding hydrogens is 469 g/mol. The van der Waals surface area contributed by atoms with Gasteiger partial charge in [-0.2, -0.15) is 0 Å². The highest BCUT2D eigenvalue weighted by atomic mass is 32.2. The first kappa shape index (κ1) is 23.4. The second-order valence-corrected chi connectivity index (χ2v) is 11.1. The second kappa shape index (κ2) is 9.22. The number of carbonyl (C=O) groups is 1. The maximum Gasteiger partial charge on any atom is 0.410 e. The van der Waals surface area contributed by atoms with Crippen molar-refractivity contribution in [2.24, 2.45) is 0 Å². The first-order chi connectivity index (χ1) is 15.6. The maximum atomic E-state index is 14.7. The number of amides is 1. The number of piperidine rings is 1. The highest BCUT2D eigenvalue weighted by Gasteiger charge is 2.27. The number of hydrogen-bond donors (Lipinski definition) is 0. The summed E-state index contributed by atoms with van der Waals surface area (Å²) in [6.07, 6.45) is 3.07. The van der Waals surface area contributed by atoms with Crippen LogP contribution in [-0.4, -0.2) is 60.9 Å². The van der Waals surface area contributed by atoms with Crippen LogP contribution in [0.2, 0.25) is 0 Å². The fourth-order valence-electron chi connectivity index (χ4n) is 3.64. The summed E-state index contributed by atoms with van der Waals surface area (Å²) < 4.78 is 50.2. The molecule has 1 aliphatic heterocycles. The first-order valence-electron chi connectivity index (χ1n) is 10.5. The maximum absolute atomic E-state index is 14.7. The van der Waals surface area contributed by atoms with Gasteiger partial charge < -0.3 is 14.4 Å². The summed E-state index contributed by atoms with van der Waals surface area (Å²) in [5.74, 6) is -0.230. The Hall–Kier alpha value is -2.79. The summed E-state index contributed by atoms with van der Waals surface area (Å²) in [4.78, 5) is 22.2. The molecule has 33 heavy (non-hydrogen) atoms. The Morgan fingerprint density at radius 1 is 1.21 bits per heavy atom.